The minimum Gasteiger partial charge on any atom is -0.479 e. The average molecular weight is 292 g/mol. The van der Waals surface area contributed by atoms with E-state index in [1.54, 1.807) is 13.2 Å². The molecule has 21 heavy (non-hydrogen) atoms. The summed E-state index contributed by atoms with van der Waals surface area (Å²) in [6, 6.07) is 2.20. The van der Waals surface area contributed by atoms with Crippen molar-refractivity contribution in [3.8, 4) is 5.88 Å². The van der Waals surface area contributed by atoms with Crippen LogP contribution in [-0.4, -0.2) is 35.7 Å². The van der Waals surface area contributed by atoms with Gasteiger partial charge in [-0.25, -0.2) is 0 Å². The van der Waals surface area contributed by atoms with Crippen molar-refractivity contribution in [1.29, 1.82) is 0 Å². The molecule has 3 rings (SSSR count). The van der Waals surface area contributed by atoms with Gasteiger partial charge < -0.3 is 14.2 Å². The molecule has 1 amide bonds. The van der Waals surface area contributed by atoms with Gasteiger partial charge in [0.2, 0.25) is 5.91 Å². The molecule has 2 heterocycles. The Morgan fingerprint density at radius 3 is 3.05 bits per heavy atom. The molecule has 2 atom stereocenters. The number of hydrogen-bond donors (Lipinski definition) is 0. The Kier molecular flexibility index (Phi) is 3.68. The molecular weight excluding hydrogens is 268 g/mol. The van der Waals surface area contributed by atoms with Crippen LogP contribution >= 0.6 is 0 Å². The zero-order chi connectivity index (χ0) is 15.0. The maximum Gasteiger partial charge on any atom is 0.254 e. The number of nitrogens with zero attached hydrogens (tertiary/aromatic N) is 2. The highest BCUT2D eigenvalue weighted by Crippen LogP contribution is 2.48. The molecule has 0 aromatic carbocycles. The minimum atomic E-state index is 0.243. The maximum atomic E-state index is 12.6. The van der Waals surface area contributed by atoms with Crippen LogP contribution in [0.2, 0.25) is 0 Å². The Bertz CT molecular complexity index is 523. The normalized spacial score (nSPS) is 26.9. The molecule has 1 aromatic rings. The number of rotatable bonds is 4. The third-order valence-electron chi connectivity index (χ3n) is 5.11. The van der Waals surface area contributed by atoms with E-state index in [9.17, 15) is 4.79 Å². The van der Waals surface area contributed by atoms with Gasteiger partial charge in [0.1, 0.15) is 5.76 Å². The van der Waals surface area contributed by atoms with E-state index in [4.69, 9.17) is 9.26 Å². The van der Waals surface area contributed by atoms with Crippen LogP contribution in [0.15, 0.2) is 10.6 Å². The van der Waals surface area contributed by atoms with E-state index in [-0.39, 0.29) is 11.3 Å². The Morgan fingerprint density at radius 1 is 1.52 bits per heavy atom. The summed E-state index contributed by atoms with van der Waals surface area (Å²) in [5.41, 5.74) is 0.256. The number of ether oxygens (including phenoxy) is 1. The van der Waals surface area contributed by atoms with Gasteiger partial charge in [0.05, 0.1) is 7.11 Å². The number of aromatic nitrogens is 1. The molecule has 2 aliphatic rings. The van der Waals surface area contributed by atoms with Gasteiger partial charge in [-0.15, -0.1) is 0 Å². The van der Waals surface area contributed by atoms with Crippen LogP contribution in [-0.2, 0) is 11.2 Å². The van der Waals surface area contributed by atoms with E-state index >= 15 is 0 Å². The highest BCUT2D eigenvalue weighted by atomic mass is 16.5. The lowest BCUT2D eigenvalue weighted by atomic mass is 9.80. The van der Waals surface area contributed by atoms with Crippen LogP contribution in [0.25, 0.3) is 0 Å². The third-order valence-corrected chi connectivity index (χ3v) is 5.11. The lowest BCUT2D eigenvalue weighted by Crippen LogP contribution is -2.36. The summed E-state index contributed by atoms with van der Waals surface area (Å²) in [6.07, 6.45) is 4.75. The highest BCUT2D eigenvalue weighted by molar-refractivity contribution is 5.77. The van der Waals surface area contributed by atoms with Crippen LogP contribution in [0.1, 0.15) is 45.3 Å². The summed E-state index contributed by atoms with van der Waals surface area (Å²) < 4.78 is 10.1. The second kappa shape index (κ2) is 5.35. The Morgan fingerprint density at radius 2 is 2.33 bits per heavy atom. The molecule has 5 nitrogen and oxygen atoms in total. The standard InChI is InChI=1S/C16H24N2O3/c1-16(2)10-18(13-6-4-5-12(13)16)15(19)8-7-11-9-14(20-3)17-21-11/h9,12-13H,4-8,10H2,1-3H3/t12-,13+/m1/s1. The Hall–Kier alpha value is -1.52. The molecule has 116 valence electrons. The van der Waals surface area contributed by atoms with Gasteiger partial charge in [-0.05, 0) is 29.3 Å². The van der Waals surface area contributed by atoms with Crippen molar-refractivity contribution < 1.29 is 14.1 Å². The van der Waals surface area contributed by atoms with E-state index < -0.39 is 0 Å². The number of aryl methyl sites for hydroxylation is 1. The van der Waals surface area contributed by atoms with Crippen LogP contribution < -0.4 is 4.74 Å². The zero-order valence-corrected chi connectivity index (χ0v) is 13.1. The lowest BCUT2D eigenvalue weighted by Gasteiger charge is -2.24. The molecule has 0 N–H and O–H groups in total. The van der Waals surface area contributed by atoms with Gasteiger partial charge in [-0.2, -0.15) is 0 Å². The number of carbonyl (C=O) groups excluding carboxylic acids is 1. The van der Waals surface area contributed by atoms with Gasteiger partial charge in [0.25, 0.3) is 5.88 Å². The SMILES string of the molecule is COc1cc(CCC(=O)N2CC(C)(C)[C@@H]3CCC[C@@H]32)on1. The summed E-state index contributed by atoms with van der Waals surface area (Å²) in [6.45, 7) is 5.48. The predicted octanol–water partition coefficient (Wildman–Crippen LogP) is 2.65. The number of likely N-dealkylation sites (tertiary alicyclic amines) is 1. The largest absolute Gasteiger partial charge is 0.479 e. The molecule has 1 saturated carbocycles. The molecule has 1 aliphatic heterocycles. The number of hydrogen-bond acceptors (Lipinski definition) is 4. The Balaban J connectivity index is 1.60. The molecule has 1 aliphatic carbocycles. The third kappa shape index (κ3) is 2.65. The van der Waals surface area contributed by atoms with Crippen molar-refractivity contribution in [3.63, 3.8) is 0 Å². The molecule has 1 saturated heterocycles. The number of amides is 1. The zero-order valence-electron chi connectivity index (χ0n) is 13.1. The van der Waals surface area contributed by atoms with Gasteiger partial charge in [-0.3, -0.25) is 4.79 Å². The molecular formula is C16H24N2O3. The molecule has 0 unspecified atom stereocenters. The number of carbonyl (C=O) groups is 1. The summed E-state index contributed by atoms with van der Waals surface area (Å²) in [7, 11) is 1.55. The lowest BCUT2D eigenvalue weighted by molar-refractivity contribution is -0.132. The van der Waals surface area contributed by atoms with Gasteiger partial charge >= 0.3 is 0 Å². The van der Waals surface area contributed by atoms with Crippen molar-refractivity contribution in [3.05, 3.63) is 11.8 Å². The second-order valence-electron chi connectivity index (χ2n) is 6.95. The summed E-state index contributed by atoms with van der Waals surface area (Å²) in [5, 5.41) is 3.76. The van der Waals surface area contributed by atoms with Crippen molar-refractivity contribution in [2.24, 2.45) is 11.3 Å². The van der Waals surface area contributed by atoms with Gasteiger partial charge in [-0.1, -0.05) is 20.3 Å². The van der Waals surface area contributed by atoms with E-state index in [0.29, 0.717) is 36.4 Å². The highest BCUT2D eigenvalue weighted by Gasteiger charge is 2.50. The van der Waals surface area contributed by atoms with Crippen molar-refractivity contribution in [2.45, 2.75) is 52.0 Å². The fourth-order valence-electron chi connectivity index (χ4n) is 4.05. The summed E-state index contributed by atoms with van der Waals surface area (Å²) >= 11 is 0. The predicted molar refractivity (Wildman–Crippen MR) is 78.0 cm³/mol. The summed E-state index contributed by atoms with van der Waals surface area (Å²) in [4.78, 5) is 14.7. The molecule has 0 radical (unpaired) electrons. The van der Waals surface area contributed by atoms with Gasteiger partial charge in [0, 0.05) is 31.5 Å². The topological polar surface area (TPSA) is 55.6 Å². The van der Waals surface area contributed by atoms with Crippen LogP contribution in [0, 0.1) is 11.3 Å². The van der Waals surface area contributed by atoms with E-state index in [2.05, 4.69) is 23.9 Å². The van der Waals surface area contributed by atoms with Crippen LogP contribution in [0.4, 0.5) is 0 Å². The first-order valence-electron chi connectivity index (χ1n) is 7.80. The molecule has 0 bridgehead atoms. The minimum absolute atomic E-state index is 0.243. The number of methoxy groups -OCH3 is 1. The van der Waals surface area contributed by atoms with Crippen molar-refractivity contribution in [1.82, 2.24) is 10.1 Å². The fraction of sp³-hybridized carbons (Fsp3) is 0.750. The number of fused-ring (bicyclic) bond motifs is 1. The monoisotopic (exact) mass is 292 g/mol. The summed E-state index contributed by atoms with van der Waals surface area (Å²) in [5.74, 6) is 2.09. The molecule has 1 aromatic heterocycles. The first-order chi connectivity index (χ1) is 10.0. The second-order valence-corrected chi connectivity index (χ2v) is 6.95. The molecule has 0 spiro atoms. The quantitative estimate of drug-likeness (QED) is 0.856. The van der Waals surface area contributed by atoms with E-state index in [1.165, 1.54) is 12.8 Å². The van der Waals surface area contributed by atoms with Crippen LogP contribution in [0.5, 0.6) is 5.88 Å². The van der Waals surface area contributed by atoms with E-state index in [1.807, 2.05) is 0 Å². The fourth-order valence-corrected chi connectivity index (χ4v) is 4.05. The van der Waals surface area contributed by atoms with Crippen molar-refractivity contribution >= 4 is 5.91 Å². The van der Waals surface area contributed by atoms with Crippen LogP contribution in [0.3, 0.4) is 0 Å². The van der Waals surface area contributed by atoms with Crippen molar-refractivity contribution in [2.75, 3.05) is 13.7 Å². The maximum absolute atomic E-state index is 12.6. The van der Waals surface area contributed by atoms with Gasteiger partial charge in [0.15, 0.2) is 0 Å². The first kappa shape index (κ1) is 14.4. The smallest absolute Gasteiger partial charge is 0.254 e. The molecule has 2 fully saturated rings. The average Bonchev–Trinajstić information content (AvgIpc) is 3.14. The Labute approximate surface area is 125 Å². The van der Waals surface area contributed by atoms with E-state index in [0.717, 1.165) is 13.0 Å². The first-order valence-corrected chi connectivity index (χ1v) is 7.80. The molecule has 5 heteroatoms.